The van der Waals surface area contributed by atoms with Crippen LogP contribution >= 0.6 is 23.2 Å². The molecule has 0 saturated carbocycles. The van der Waals surface area contributed by atoms with Crippen molar-refractivity contribution in [3.63, 3.8) is 0 Å². The Kier molecular flexibility index (Phi) is 5.11. The van der Waals surface area contributed by atoms with E-state index in [1.165, 1.54) is 0 Å². The number of aromatic nitrogens is 2. The third-order valence-corrected chi connectivity index (χ3v) is 5.67. The molecule has 7 heteroatoms. The first kappa shape index (κ1) is 17.7. The van der Waals surface area contributed by atoms with E-state index in [2.05, 4.69) is 14.9 Å². The van der Waals surface area contributed by atoms with E-state index in [0.717, 1.165) is 67.9 Å². The number of nitrogens with zero attached hydrogens (tertiary/aromatic N) is 3. The Labute approximate surface area is 162 Å². The number of rotatable bonds is 3. The molecule has 1 N–H and O–H groups in total. The molecule has 0 spiro atoms. The molecule has 0 fully saturated rings. The van der Waals surface area contributed by atoms with Crippen LogP contribution in [0.1, 0.15) is 41.9 Å². The lowest BCUT2D eigenvalue weighted by molar-refractivity contribution is 0.241. The molecule has 3 heterocycles. The summed E-state index contributed by atoms with van der Waals surface area (Å²) >= 11 is 12.1. The van der Waals surface area contributed by atoms with E-state index in [-0.39, 0.29) is 5.56 Å². The second-order valence-corrected chi connectivity index (χ2v) is 7.65. The van der Waals surface area contributed by atoms with Crippen molar-refractivity contribution in [1.82, 2.24) is 14.9 Å². The van der Waals surface area contributed by atoms with Gasteiger partial charge < -0.3 is 4.98 Å². The first-order valence-electron chi connectivity index (χ1n) is 8.92. The normalized spacial score (nSPS) is 17.7. The van der Waals surface area contributed by atoms with Gasteiger partial charge in [-0.2, -0.15) is 0 Å². The van der Waals surface area contributed by atoms with Crippen LogP contribution in [-0.4, -0.2) is 33.7 Å². The zero-order valence-electron chi connectivity index (χ0n) is 14.4. The number of nitrogens with one attached hydrogen (secondary N) is 1. The largest absolute Gasteiger partial charge is 0.305 e. The lowest BCUT2D eigenvalue weighted by Gasteiger charge is -2.28. The van der Waals surface area contributed by atoms with E-state index in [0.29, 0.717) is 22.4 Å². The zero-order valence-corrected chi connectivity index (χ0v) is 15.9. The second kappa shape index (κ2) is 7.51. The molecule has 0 amide bonds. The van der Waals surface area contributed by atoms with Crippen LogP contribution in [0.5, 0.6) is 0 Å². The molecule has 2 aliphatic heterocycles. The van der Waals surface area contributed by atoms with Crippen LogP contribution in [-0.2, 0) is 19.5 Å². The summed E-state index contributed by atoms with van der Waals surface area (Å²) < 4.78 is 0. The third kappa shape index (κ3) is 3.70. The van der Waals surface area contributed by atoms with E-state index in [4.69, 9.17) is 28.2 Å². The Bertz CT molecular complexity index is 922. The van der Waals surface area contributed by atoms with Gasteiger partial charge in [-0.15, -0.1) is 0 Å². The van der Waals surface area contributed by atoms with Crippen LogP contribution in [0.15, 0.2) is 28.0 Å². The van der Waals surface area contributed by atoms with Gasteiger partial charge in [0, 0.05) is 32.6 Å². The number of fused-ring (bicyclic) bond motifs is 1. The van der Waals surface area contributed by atoms with Gasteiger partial charge in [0.1, 0.15) is 0 Å². The van der Waals surface area contributed by atoms with Gasteiger partial charge in [0.15, 0.2) is 5.82 Å². The summed E-state index contributed by atoms with van der Waals surface area (Å²) in [5.41, 5.74) is 3.64. The number of H-pyrrole nitrogens is 1. The van der Waals surface area contributed by atoms with Crippen LogP contribution in [0.3, 0.4) is 0 Å². The Balaban J connectivity index is 1.54. The molecule has 0 saturated heterocycles. The fourth-order valence-corrected chi connectivity index (χ4v) is 3.86. The highest BCUT2D eigenvalue weighted by Crippen LogP contribution is 2.24. The van der Waals surface area contributed by atoms with Crippen LogP contribution in [0.4, 0.5) is 0 Å². The van der Waals surface area contributed by atoms with Crippen molar-refractivity contribution < 1.29 is 0 Å². The molecule has 136 valence electrons. The van der Waals surface area contributed by atoms with Gasteiger partial charge in [0.25, 0.3) is 5.56 Å². The molecule has 2 aromatic rings. The smallest absolute Gasteiger partial charge is 0.255 e. The van der Waals surface area contributed by atoms with Crippen molar-refractivity contribution in [2.75, 3.05) is 13.1 Å². The van der Waals surface area contributed by atoms with E-state index < -0.39 is 0 Å². The Morgan fingerprint density at radius 1 is 1.15 bits per heavy atom. The van der Waals surface area contributed by atoms with Gasteiger partial charge in [0.05, 0.1) is 27.0 Å². The molecule has 1 aromatic carbocycles. The summed E-state index contributed by atoms with van der Waals surface area (Å²) in [7, 11) is 0. The SMILES string of the molecule is O=c1[nH]c(C2=NCCCC2)nc2c1CN(Cc1ccc(Cl)c(Cl)c1)CC2. The maximum Gasteiger partial charge on any atom is 0.255 e. The summed E-state index contributed by atoms with van der Waals surface area (Å²) in [6.45, 7) is 3.00. The lowest BCUT2D eigenvalue weighted by atomic mass is 10.0. The fraction of sp³-hybridized carbons (Fsp3) is 0.421. The van der Waals surface area contributed by atoms with E-state index in [9.17, 15) is 4.79 Å². The van der Waals surface area contributed by atoms with Crippen LogP contribution in [0.25, 0.3) is 0 Å². The van der Waals surface area contributed by atoms with Crippen molar-refractivity contribution in [2.45, 2.75) is 38.8 Å². The van der Waals surface area contributed by atoms with Crippen molar-refractivity contribution in [3.8, 4) is 0 Å². The molecule has 1 aromatic heterocycles. The third-order valence-electron chi connectivity index (χ3n) is 4.94. The van der Waals surface area contributed by atoms with Gasteiger partial charge in [-0.05, 0) is 37.0 Å². The zero-order chi connectivity index (χ0) is 18.1. The first-order chi connectivity index (χ1) is 12.6. The predicted octanol–water partition coefficient (Wildman–Crippen LogP) is 3.61. The molecule has 0 bridgehead atoms. The number of halogens is 2. The average Bonchev–Trinajstić information content (AvgIpc) is 2.66. The summed E-state index contributed by atoms with van der Waals surface area (Å²) in [4.78, 5) is 27.0. The minimum absolute atomic E-state index is 0.0443. The molecule has 0 unspecified atom stereocenters. The van der Waals surface area contributed by atoms with Gasteiger partial charge in [-0.1, -0.05) is 29.3 Å². The summed E-state index contributed by atoms with van der Waals surface area (Å²) in [5.74, 6) is 0.659. The van der Waals surface area contributed by atoms with Crippen molar-refractivity contribution >= 4 is 28.9 Å². The highest BCUT2D eigenvalue weighted by atomic mass is 35.5. The van der Waals surface area contributed by atoms with Crippen molar-refractivity contribution in [2.24, 2.45) is 4.99 Å². The van der Waals surface area contributed by atoms with Crippen molar-refractivity contribution in [1.29, 1.82) is 0 Å². The molecule has 0 atom stereocenters. The molecule has 0 radical (unpaired) electrons. The predicted molar refractivity (Wildman–Crippen MR) is 104 cm³/mol. The average molecular weight is 391 g/mol. The topological polar surface area (TPSA) is 61.4 Å². The number of benzene rings is 1. The number of aromatic amines is 1. The monoisotopic (exact) mass is 390 g/mol. The quantitative estimate of drug-likeness (QED) is 0.870. The van der Waals surface area contributed by atoms with Gasteiger partial charge in [-0.25, -0.2) is 4.98 Å². The maximum atomic E-state index is 12.6. The number of hydrogen-bond acceptors (Lipinski definition) is 4. The molecular weight excluding hydrogens is 371 g/mol. The summed E-state index contributed by atoms with van der Waals surface area (Å²) in [6.07, 6.45) is 3.88. The number of aliphatic imine (C=N–C) groups is 1. The maximum absolute atomic E-state index is 12.6. The molecule has 5 nitrogen and oxygen atoms in total. The van der Waals surface area contributed by atoms with Crippen LogP contribution in [0.2, 0.25) is 10.0 Å². The molecule has 4 rings (SSSR count). The van der Waals surface area contributed by atoms with Gasteiger partial charge >= 0.3 is 0 Å². The van der Waals surface area contributed by atoms with E-state index in [1.807, 2.05) is 18.2 Å². The second-order valence-electron chi connectivity index (χ2n) is 6.83. The van der Waals surface area contributed by atoms with Crippen LogP contribution < -0.4 is 5.56 Å². The first-order valence-corrected chi connectivity index (χ1v) is 9.68. The lowest BCUT2D eigenvalue weighted by Crippen LogP contribution is -2.36. The molecule has 0 aliphatic carbocycles. The molecule has 2 aliphatic rings. The number of hydrogen-bond donors (Lipinski definition) is 1. The standard InChI is InChI=1S/C19H20Cl2N4O/c20-14-5-4-12(9-15(14)21)10-25-8-6-16-13(11-25)19(26)24-18(23-16)17-3-1-2-7-22-17/h4-5,9H,1-3,6-8,10-11H2,(H,23,24,26). The van der Waals surface area contributed by atoms with Crippen LogP contribution in [0, 0.1) is 0 Å². The highest BCUT2D eigenvalue weighted by Gasteiger charge is 2.22. The Morgan fingerprint density at radius 3 is 2.81 bits per heavy atom. The van der Waals surface area contributed by atoms with Gasteiger partial charge in [-0.3, -0.25) is 14.7 Å². The van der Waals surface area contributed by atoms with Crippen molar-refractivity contribution in [3.05, 3.63) is 61.2 Å². The highest BCUT2D eigenvalue weighted by molar-refractivity contribution is 6.42. The minimum atomic E-state index is -0.0443. The van der Waals surface area contributed by atoms with Gasteiger partial charge in [0.2, 0.25) is 0 Å². The summed E-state index contributed by atoms with van der Waals surface area (Å²) in [5, 5.41) is 1.11. The minimum Gasteiger partial charge on any atom is -0.305 e. The molecular formula is C19H20Cl2N4O. The Hall–Kier alpha value is -1.69. The van der Waals surface area contributed by atoms with E-state index >= 15 is 0 Å². The summed E-state index contributed by atoms with van der Waals surface area (Å²) in [6, 6.07) is 5.66. The fourth-order valence-electron chi connectivity index (χ4n) is 3.54. The van der Waals surface area contributed by atoms with E-state index in [1.54, 1.807) is 0 Å². The molecule has 26 heavy (non-hydrogen) atoms. The Morgan fingerprint density at radius 2 is 2.04 bits per heavy atom.